The van der Waals surface area contributed by atoms with E-state index in [1.807, 2.05) is 0 Å². The van der Waals surface area contributed by atoms with Crippen LogP contribution in [0.15, 0.2) is 9.63 Å². The van der Waals surface area contributed by atoms with Gasteiger partial charge in [0, 0.05) is 0 Å². The molecule has 2 nitrogen and oxygen atoms in total. The number of hydrogen-bond acceptors (Lipinski definition) is 2. The summed E-state index contributed by atoms with van der Waals surface area (Å²) in [5.41, 5.74) is -1.08. The highest BCUT2D eigenvalue weighted by atomic mass is 79.9. The van der Waals surface area contributed by atoms with Crippen LogP contribution in [0.4, 0.5) is 17.6 Å². The van der Waals surface area contributed by atoms with Gasteiger partial charge < -0.3 is 5.21 Å². The van der Waals surface area contributed by atoms with E-state index in [0.29, 0.717) is 0 Å². The molecule has 1 rings (SSSR count). The quantitative estimate of drug-likeness (QED) is 0.209. The molecule has 0 saturated carbocycles. The molecule has 0 atom stereocenters. The van der Waals surface area contributed by atoms with Gasteiger partial charge in [-0.25, -0.2) is 17.6 Å². The van der Waals surface area contributed by atoms with Crippen LogP contribution < -0.4 is 0 Å². The lowest BCUT2D eigenvalue weighted by Gasteiger charge is -2.03. The van der Waals surface area contributed by atoms with Crippen molar-refractivity contribution < 1.29 is 22.8 Å². The van der Waals surface area contributed by atoms with Gasteiger partial charge in [-0.15, -0.1) is 0 Å². The van der Waals surface area contributed by atoms with Gasteiger partial charge in [0.25, 0.3) is 0 Å². The summed E-state index contributed by atoms with van der Waals surface area (Å²) >= 11 is 2.33. The smallest absolute Gasteiger partial charge is 0.176 e. The van der Waals surface area contributed by atoms with Gasteiger partial charge in [-0.1, -0.05) is 5.16 Å². The fourth-order valence-electron chi connectivity index (χ4n) is 0.793. The summed E-state index contributed by atoms with van der Waals surface area (Å²) in [4.78, 5) is 0. The number of rotatable bonds is 1. The Morgan fingerprint density at radius 1 is 1.00 bits per heavy atom. The second-order valence-corrected chi connectivity index (χ2v) is 3.02. The largest absolute Gasteiger partial charge is 0.411 e. The topological polar surface area (TPSA) is 32.6 Å². The average molecular weight is 272 g/mol. The van der Waals surface area contributed by atoms with Crippen molar-refractivity contribution in [3.8, 4) is 0 Å². The Balaban J connectivity index is 3.59. The van der Waals surface area contributed by atoms with Crippen LogP contribution in [-0.4, -0.2) is 11.4 Å². The normalized spacial score (nSPS) is 11.2. The first kappa shape index (κ1) is 11.0. The van der Waals surface area contributed by atoms with Crippen molar-refractivity contribution in [3.63, 3.8) is 0 Å². The molecule has 1 aromatic rings. The van der Waals surface area contributed by atoms with Crippen molar-refractivity contribution >= 4 is 22.1 Å². The van der Waals surface area contributed by atoms with E-state index in [-0.39, 0.29) is 6.21 Å². The minimum atomic E-state index is -1.63. The molecular weight excluding hydrogens is 270 g/mol. The second kappa shape index (κ2) is 3.95. The fourth-order valence-corrected chi connectivity index (χ4v) is 1.14. The van der Waals surface area contributed by atoms with Crippen molar-refractivity contribution in [2.75, 3.05) is 0 Å². The Labute approximate surface area is 84.0 Å². The molecule has 76 valence electrons. The maximum absolute atomic E-state index is 12.9. The maximum atomic E-state index is 12.9. The van der Waals surface area contributed by atoms with Gasteiger partial charge in [0.05, 0.1) is 16.3 Å². The van der Waals surface area contributed by atoms with Gasteiger partial charge in [0.1, 0.15) is 0 Å². The Bertz CT molecular complexity index is 378. The zero-order valence-electron chi connectivity index (χ0n) is 6.36. The first-order valence-electron chi connectivity index (χ1n) is 3.19. The van der Waals surface area contributed by atoms with Crippen molar-refractivity contribution in [3.05, 3.63) is 33.3 Å². The van der Waals surface area contributed by atoms with Gasteiger partial charge >= 0.3 is 0 Å². The molecule has 0 bridgehead atoms. The highest BCUT2D eigenvalue weighted by Crippen LogP contribution is 2.27. The van der Waals surface area contributed by atoms with Crippen LogP contribution in [-0.2, 0) is 0 Å². The molecule has 0 heterocycles. The van der Waals surface area contributed by atoms with Crippen LogP contribution in [0.2, 0.25) is 0 Å². The van der Waals surface area contributed by atoms with Crippen molar-refractivity contribution in [2.24, 2.45) is 5.16 Å². The van der Waals surface area contributed by atoms with Crippen LogP contribution in [0.25, 0.3) is 0 Å². The average Bonchev–Trinajstić information content (AvgIpc) is 2.19. The second-order valence-electron chi connectivity index (χ2n) is 2.23. The highest BCUT2D eigenvalue weighted by Gasteiger charge is 2.22. The predicted molar refractivity (Wildman–Crippen MR) is 43.4 cm³/mol. The summed E-state index contributed by atoms with van der Waals surface area (Å²) in [5, 5.41) is 10.3. The van der Waals surface area contributed by atoms with E-state index < -0.39 is 33.3 Å². The minimum absolute atomic E-state index is 0.267. The highest BCUT2D eigenvalue weighted by molar-refractivity contribution is 9.10. The molecular formula is C7H2BrF4NO. The van der Waals surface area contributed by atoms with Crippen LogP contribution in [0.3, 0.4) is 0 Å². The van der Waals surface area contributed by atoms with Crippen LogP contribution >= 0.6 is 15.9 Å². The summed E-state index contributed by atoms with van der Waals surface area (Å²) in [5.74, 6) is -6.43. The number of benzene rings is 1. The zero-order valence-corrected chi connectivity index (χ0v) is 7.95. The lowest BCUT2D eigenvalue weighted by Crippen LogP contribution is -2.03. The Hall–Kier alpha value is -1.11. The molecule has 7 heteroatoms. The third-order valence-corrected chi connectivity index (χ3v) is 2.13. The lowest BCUT2D eigenvalue weighted by molar-refractivity contribution is 0.321. The summed E-state index contributed by atoms with van der Waals surface area (Å²) in [6.45, 7) is 0. The summed E-state index contributed by atoms with van der Waals surface area (Å²) in [6, 6.07) is 0. The zero-order chi connectivity index (χ0) is 10.9. The Kier molecular flexibility index (Phi) is 3.10. The molecule has 0 aliphatic heterocycles. The van der Waals surface area contributed by atoms with Crippen molar-refractivity contribution in [1.82, 2.24) is 0 Å². The van der Waals surface area contributed by atoms with E-state index in [0.717, 1.165) is 0 Å². The number of halogens is 5. The molecule has 0 radical (unpaired) electrons. The van der Waals surface area contributed by atoms with Crippen LogP contribution in [0.1, 0.15) is 5.56 Å². The lowest BCUT2D eigenvalue weighted by atomic mass is 10.2. The molecule has 0 aromatic heterocycles. The van der Waals surface area contributed by atoms with Crippen molar-refractivity contribution in [2.45, 2.75) is 0 Å². The summed E-state index contributed by atoms with van der Waals surface area (Å²) < 4.78 is 50.4. The Morgan fingerprint density at radius 3 is 1.79 bits per heavy atom. The molecule has 0 saturated heterocycles. The Morgan fingerprint density at radius 2 is 1.43 bits per heavy atom. The number of nitrogens with zero attached hydrogens (tertiary/aromatic N) is 1. The maximum Gasteiger partial charge on any atom is 0.176 e. The van der Waals surface area contributed by atoms with Crippen LogP contribution in [0.5, 0.6) is 0 Å². The molecule has 1 N–H and O–H groups in total. The molecule has 0 amide bonds. The third kappa shape index (κ3) is 1.59. The molecule has 1 aromatic carbocycles. The number of oxime groups is 1. The predicted octanol–water partition coefficient (Wildman–Crippen LogP) is 2.81. The summed E-state index contributed by atoms with van der Waals surface area (Å²) in [7, 11) is 0. The third-order valence-electron chi connectivity index (χ3n) is 1.43. The summed E-state index contributed by atoms with van der Waals surface area (Å²) in [6.07, 6.45) is 0.267. The van der Waals surface area contributed by atoms with E-state index in [1.165, 1.54) is 0 Å². The number of hydrogen-bond donors (Lipinski definition) is 1. The van der Waals surface area contributed by atoms with E-state index in [4.69, 9.17) is 5.21 Å². The molecule has 0 spiro atoms. The van der Waals surface area contributed by atoms with E-state index in [9.17, 15) is 17.6 Å². The standard InChI is InChI=1S/C7H2BrF4NO/c8-3-6(11)4(9)2(1-13-14)5(10)7(3)12/h1,14H/b13-1+. The van der Waals surface area contributed by atoms with Gasteiger partial charge in [-0.2, -0.15) is 0 Å². The molecule has 0 aliphatic carbocycles. The fraction of sp³-hybridized carbons (Fsp3) is 0. The van der Waals surface area contributed by atoms with Gasteiger partial charge in [-0.05, 0) is 15.9 Å². The molecule has 0 aliphatic rings. The molecule has 14 heavy (non-hydrogen) atoms. The van der Waals surface area contributed by atoms with E-state index in [2.05, 4.69) is 21.1 Å². The SMILES string of the molecule is O/N=C/c1c(F)c(F)c(Br)c(F)c1F. The van der Waals surface area contributed by atoms with E-state index in [1.54, 1.807) is 0 Å². The first-order valence-corrected chi connectivity index (χ1v) is 3.98. The first-order chi connectivity index (χ1) is 6.50. The van der Waals surface area contributed by atoms with Gasteiger partial charge in [0.15, 0.2) is 23.3 Å². The minimum Gasteiger partial charge on any atom is -0.411 e. The van der Waals surface area contributed by atoms with E-state index >= 15 is 0 Å². The molecule has 0 fully saturated rings. The van der Waals surface area contributed by atoms with Gasteiger partial charge in [0.2, 0.25) is 0 Å². The monoisotopic (exact) mass is 271 g/mol. The van der Waals surface area contributed by atoms with Gasteiger partial charge in [-0.3, -0.25) is 0 Å². The van der Waals surface area contributed by atoms with Crippen molar-refractivity contribution in [1.29, 1.82) is 0 Å². The van der Waals surface area contributed by atoms with Crippen LogP contribution in [0, 0.1) is 23.3 Å². The molecule has 0 unspecified atom stereocenters.